The number of fused-ring (bicyclic) bond motifs is 1. The molecule has 0 amide bonds. The Bertz CT molecular complexity index is 1030. The Morgan fingerprint density at radius 2 is 1.96 bits per heavy atom. The minimum Gasteiger partial charge on any atom is -0.294 e. The zero-order valence-corrected chi connectivity index (χ0v) is 16.0. The molecular weight excluding hydrogens is 374 g/mol. The molecule has 0 atom stereocenters. The van der Waals surface area contributed by atoms with Crippen molar-refractivity contribution in [1.29, 1.82) is 0 Å². The lowest BCUT2D eigenvalue weighted by Crippen LogP contribution is -2.35. The highest BCUT2D eigenvalue weighted by molar-refractivity contribution is 6.30. The summed E-state index contributed by atoms with van der Waals surface area (Å²) in [6.45, 7) is 2.29. The molecule has 1 aromatic heterocycles. The molecular formula is C21H20ClN5O. The van der Waals surface area contributed by atoms with E-state index >= 15 is 0 Å². The zero-order chi connectivity index (χ0) is 19.3. The van der Waals surface area contributed by atoms with E-state index in [-0.39, 0.29) is 5.56 Å². The smallest absolute Gasteiger partial charge is 0.257 e. The number of hydrazone groups is 1. The first-order valence-electron chi connectivity index (χ1n) is 9.10. The van der Waals surface area contributed by atoms with Gasteiger partial charge in [0.15, 0.2) is 0 Å². The molecule has 4 rings (SSSR count). The number of hydrogen-bond acceptors (Lipinski definition) is 5. The van der Waals surface area contributed by atoms with E-state index < -0.39 is 0 Å². The van der Waals surface area contributed by atoms with Crippen LogP contribution >= 0.6 is 11.6 Å². The number of nitrogens with one attached hydrogen (secondary N) is 2. The number of halogens is 1. The third kappa shape index (κ3) is 4.47. The largest absolute Gasteiger partial charge is 0.294 e. The van der Waals surface area contributed by atoms with Gasteiger partial charge in [-0.15, -0.1) is 0 Å². The molecule has 0 saturated carbocycles. The van der Waals surface area contributed by atoms with Crippen molar-refractivity contribution in [1.82, 2.24) is 14.9 Å². The van der Waals surface area contributed by atoms with Crippen molar-refractivity contribution in [2.45, 2.75) is 19.5 Å². The predicted octanol–water partition coefficient (Wildman–Crippen LogP) is 3.43. The summed E-state index contributed by atoms with van der Waals surface area (Å²) in [5, 5.41) is 4.81. The Kier molecular flexibility index (Phi) is 5.50. The standard InChI is InChI=1S/C21H20ClN5O/c22-17-8-6-15(7-9-17)12-23-26-21-24-19-10-11-27(14-18(19)20(28)25-21)13-16-4-2-1-3-5-16/h1-9,12H,10-11,13-14H2,(H2,24,25,26,28)/b23-12-. The van der Waals surface area contributed by atoms with Crippen molar-refractivity contribution in [3.63, 3.8) is 0 Å². The maximum absolute atomic E-state index is 12.5. The highest BCUT2D eigenvalue weighted by atomic mass is 35.5. The van der Waals surface area contributed by atoms with Crippen molar-refractivity contribution in [2.75, 3.05) is 12.0 Å². The molecule has 2 heterocycles. The predicted molar refractivity (Wildman–Crippen MR) is 112 cm³/mol. The fourth-order valence-electron chi connectivity index (χ4n) is 3.23. The second-order valence-corrected chi connectivity index (χ2v) is 7.14. The zero-order valence-electron chi connectivity index (χ0n) is 15.2. The van der Waals surface area contributed by atoms with Crippen LogP contribution in [0, 0.1) is 0 Å². The van der Waals surface area contributed by atoms with Crippen molar-refractivity contribution in [3.8, 4) is 0 Å². The van der Waals surface area contributed by atoms with E-state index in [0.717, 1.165) is 36.3 Å². The van der Waals surface area contributed by atoms with Gasteiger partial charge in [0.1, 0.15) is 0 Å². The number of rotatable bonds is 5. The molecule has 28 heavy (non-hydrogen) atoms. The summed E-state index contributed by atoms with van der Waals surface area (Å²) in [7, 11) is 0. The van der Waals surface area contributed by atoms with E-state index in [4.69, 9.17) is 11.6 Å². The summed E-state index contributed by atoms with van der Waals surface area (Å²) in [6, 6.07) is 17.6. The van der Waals surface area contributed by atoms with Crippen LogP contribution in [0.4, 0.5) is 5.95 Å². The molecule has 1 aliphatic heterocycles. The minimum absolute atomic E-state index is 0.119. The quantitative estimate of drug-likeness (QED) is 0.514. The Hall–Kier alpha value is -2.96. The van der Waals surface area contributed by atoms with Crippen molar-refractivity contribution >= 4 is 23.8 Å². The summed E-state index contributed by atoms with van der Waals surface area (Å²) >= 11 is 5.87. The molecule has 0 radical (unpaired) electrons. The molecule has 7 heteroatoms. The summed E-state index contributed by atoms with van der Waals surface area (Å²) in [6.07, 6.45) is 2.39. The second-order valence-electron chi connectivity index (χ2n) is 6.71. The number of nitrogens with zero attached hydrogens (tertiary/aromatic N) is 3. The Balaban J connectivity index is 1.44. The highest BCUT2D eigenvalue weighted by Gasteiger charge is 2.21. The number of hydrogen-bond donors (Lipinski definition) is 2. The van der Waals surface area contributed by atoms with Gasteiger partial charge in [-0.05, 0) is 23.3 Å². The summed E-state index contributed by atoms with van der Waals surface area (Å²) in [5.74, 6) is 0.352. The SMILES string of the molecule is O=c1[nH]c(N/N=C\c2ccc(Cl)cc2)nc2c1CN(Cc1ccccc1)CC2. The maximum atomic E-state index is 12.5. The highest BCUT2D eigenvalue weighted by Crippen LogP contribution is 2.17. The third-order valence-corrected chi connectivity index (χ3v) is 4.90. The monoisotopic (exact) mass is 393 g/mol. The normalized spacial score (nSPS) is 14.2. The molecule has 1 aliphatic rings. The molecule has 0 unspecified atom stereocenters. The van der Waals surface area contributed by atoms with E-state index in [1.54, 1.807) is 18.3 Å². The summed E-state index contributed by atoms with van der Waals surface area (Å²) in [5.41, 5.74) is 6.39. The molecule has 142 valence electrons. The topological polar surface area (TPSA) is 73.4 Å². The third-order valence-electron chi connectivity index (χ3n) is 4.65. The van der Waals surface area contributed by atoms with E-state index in [9.17, 15) is 4.79 Å². The fourth-order valence-corrected chi connectivity index (χ4v) is 3.35. The van der Waals surface area contributed by atoms with Crippen LogP contribution in [0.3, 0.4) is 0 Å². The van der Waals surface area contributed by atoms with E-state index in [0.29, 0.717) is 17.5 Å². The van der Waals surface area contributed by atoms with Gasteiger partial charge in [-0.25, -0.2) is 10.4 Å². The molecule has 0 fully saturated rings. The first-order valence-corrected chi connectivity index (χ1v) is 9.48. The average Bonchev–Trinajstić information content (AvgIpc) is 2.71. The first kappa shape index (κ1) is 18.4. The lowest BCUT2D eigenvalue weighted by atomic mass is 10.1. The number of benzene rings is 2. The van der Waals surface area contributed by atoms with Gasteiger partial charge in [-0.3, -0.25) is 14.7 Å². The number of anilines is 1. The number of H-pyrrole nitrogens is 1. The molecule has 0 aliphatic carbocycles. The fraction of sp³-hybridized carbons (Fsp3) is 0.190. The number of aromatic amines is 1. The lowest BCUT2D eigenvalue weighted by molar-refractivity contribution is 0.242. The van der Waals surface area contributed by atoms with Crippen LogP contribution in [0.2, 0.25) is 5.02 Å². The van der Waals surface area contributed by atoms with Crippen LogP contribution < -0.4 is 11.0 Å². The van der Waals surface area contributed by atoms with Gasteiger partial charge in [-0.2, -0.15) is 5.10 Å². The second kappa shape index (κ2) is 8.37. The molecule has 2 aromatic carbocycles. The van der Waals surface area contributed by atoms with Crippen molar-refractivity contribution in [3.05, 3.63) is 92.4 Å². The van der Waals surface area contributed by atoms with Gasteiger partial charge in [0, 0.05) is 31.1 Å². The molecule has 2 N–H and O–H groups in total. The van der Waals surface area contributed by atoms with Crippen molar-refractivity contribution < 1.29 is 0 Å². The van der Waals surface area contributed by atoms with Gasteiger partial charge in [0.2, 0.25) is 5.95 Å². The van der Waals surface area contributed by atoms with E-state index in [1.807, 2.05) is 30.3 Å². The molecule has 0 spiro atoms. The van der Waals surface area contributed by atoms with Crippen molar-refractivity contribution in [2.24, 2.45) is 5.10 Å². The van der Waals surface area contributed by atoms with Gasteiger partial charge in [0.25, 0.3) is 5.56 Å². The van der Waals surface area contributed by atoms with E-state index in [1.165, 1.54) is 5.56 Å². The summed E-state index contributed by atoms with van der Waals surface area (Å²) in [4.78, 5) is 22.1. The van der Waals surface area contributed by atoms with Crippen LogP contribution in [0.1, 0.15) is 22.4 Å². The molecule has 0 bridgehead atoms. The van der Waals surface area contributed by atoms with Crippen LogP contribution in [0.25, 0.3) is 0 Å². The minimum atomic E-state index is -0.119. The molecule has 3 aromatic rings. The van der Waals surface area contributed by atoms with Gasteiger partial charge >= 0.3 is 0 Å². The average molecular weight is 394 g/mol. The first-order chi connectivity index (χ1) is 13.7. The summed E-state index contributed by atoms with van der Waals surface area (Å²) < 4.78 is 0. The van der Waals surface area contributed by atoms with Crippen LogP contribution in [-0.2, 0) is 19.5 Å². The molecule has 6 nitrogen and oxygen atoms in total. The Morgan fingerprint density at radius 1 is 1.18 bits per heavy atom. The number of aromatic nitrogens is 2. The van der Waals surface area contributed by atoms with Crippen LogP contribution in [0.5, 0.6) is 0 Å². The maximum Gasteiger partial charge on any atom is 0.257 e. The van der Waals surface area contributed by atoms with E-state index in [2.05, 4.69) is 37.5 Å². The van der Waals surface area contributed by atoms with Crippen LogP contribution in [-0.4, -0.2) is 27.6 Å². The lowest BCUT2D eigenvalue weighted by Gasteiger charge is -2.27. The van der Waals surface area contributed by atoms with Gasteiger partial charge in [-0.1, -0.05) is 54.1 Å². The Labute approximate surface area is 167 Å². The van der Waals surface area contributed by atoms with Crippen LogP contribution in [0.15, 0.2) is 64.5 Å². The Morgan fingerprint density at radius 3 is 2.75 bits per heavy atom. The molecule has 0 saturated heterocycles. The van der Waals surface area contributed by atoms with Gasteiger partial charge < -0.3 is 0 Å². The van der Waals surface area contributed by atoms with Gasteiger partial charge in [0.05, 0.1) is 17.5 Å².